The van der Waals surface area contributed by atoms with Gasteiger partial charge in [0, 0.05) is 12.1 Å². The molecule has 7 heteroatoms. The van der Waals surface area contributed by atoms with E-state index in [1.54, 1.807) is 6.08 Å². The highest BCUT2D eigenvalue weighted by molar-refractivity contribution is 5.92. The molecule has 2 rings (SSSR count). The number of hydrazine groups is 1. The Kier molecular flexibility index (Phi) is 5.62. The van der Waals surface area contributed by atoms with Gasteiger partial charge >= 0.3 is 0 Å². The van der Waals surface area contributed by atoms with Crippen molar-refractivity contribution in [2.24, 2.45) is 0 Å². The van der Waals surface area contributed by atoms with Gasteiger partial charge in [-0.2, -0.15) is 0 Å². The van der Waals surface area contributed by atoms with Crippen LogP contribution < -0.4 is 10.9 Å². The van der Waals surface area contributed by atoms with Crippen LogP contribution in [0, 0.1) is 10.1 Å². The lowest BCUT2D eigenvalue weighted by Crippen LogP contribution is -2.27. The molecule has 2 aromatic rings. The fourth-order valence-corrected chi connectivity index (χ4v) is 1.90. The van der Waals surface area contributed by atoms with E-state index in [1.807, 2.05) is 24.3 Å². The van der Waals surface area contributed by atoms with Gasteiger partial charge in [0.25, 0.3) is 11.6 Å². The summed E-state index contributed by atoms with van der Waals surface area (Å²) in [4.78, 5) is 25.6. The van der Waals surface area contributed by atoms with Crippen molar-refractivity contribution in [3.05, 3.63) is 69.9 Å². The molecule has 0 unspecified atom stereocenters. The molecule has 1 heterocycles. The first-order valence-electron chi connectivity index (χ1n) is 7.40. The molecule has 0 fully saturated rings. The van der Waals surface area contributed by atoms with E-state index in [4.69, 9.17) is 0 Å². The molecule has 24 heavy (non-hydrogen) atoms. The van der Waals surface area contributed by atoms with Crippen LogP contribution in [0.1, 0.15) is 30.9 Å². The predicted molar refractivity (Wildman–Crippen MR) is 92.2 cm³/mol. The highest BCUT2D eigenvalue weighted by atomic mass is 16.6. The van der Waals surface area contributed by atoms with Crippen molar-refractivity contribution in [1.82, 2.24) is 10.4 Å². The first kappa shape index (κ1) is 17.1. The van der Waals surface area contributed by atoms with E-state index in [9.17, 15) is 14.9 Å². The van der Waals surface area contributed by atoms with Crippen LogP contribution in [0.25, 0.3) is 6.08 Å². The molecule has 2 N–H and O–H groups in total. The summed E-state index contributed by atoms with van der Waals surface area (Å²) in [5.41, 5.74) is 7.07. The SMILES string of the molecule is CC(C)c1ccc(/C=C/C(=O)NNc2ccc([N+](=O)[O-])cn2)cc1. The second-order valence-electron chi connectivity index (χ2n) is 5.43. The minimum atomic E-state index is -0.539. The monoisotopic (exact) mass is 326 g/mol. The molecule has 0 bridgehead atoms. The third-order valence-corrected chi connectivity index (χ3v) is 3.30. The maximum atomic E-state index is 11.7. The number of carbonyl (C=O) groups excluding carboxylic acids is 1. The van der Waals surface area contributed by atoms with Crippen LogP contribution in [0.2, 0.25) is 0 Å². The van der Waals surface area contributed by atoms with Gasteiger partial charge in [0.2, 0.25) is 0 Å². The molecule has 0 saturated carbocycles. The summed E-state index contributed by atoms with van der Waals surface area (Å²) >= 11 is 0. The highest BCUT2D eigenvalue weighted by Crippen LogP contribution is 2.15. The summed E-state index contributed by atoms with van der Waals surface area (Å²) in [5, 5.41) is 10.5. The molecule has 1 amide bonds. The van der Waals surface area contributed by atoms with Crippen LogP contribution >= 0.6 is 0 Å². The van der Waals surface area contributed by atoms with E-state index in [0.29, 0.717) is 11.7 Å². The van der Waals surface area contributed by atoms with Crippen LogP contribution in [-0.2, 0) is 4.79 Å². The molecule has 124 valence electrons. The maximum Gasteiger partial charge on any atom is 0.287 e. The Morgan fingerprint density at radius 3 is 2.46 bits per heavy atom. The van der Waals surface area contributed by atoms with Crippen LogP contribution in [0.15, 0.2) is 48.7 Å². The van der Waals surface area contributed by atoms with Crippen molar-refractivity contribution in [2.75, 3.05) is 5.43 Å². The zero-order valence-electron chi connectivity index (χ0n) is 13.4. The topological polar surface area (TPSA) is 97.2 Å². The van der Waals surface area contributed by atoms with E-state index in [2.05, 4.69) is 29.7 Å². The number of hydrogen-bond donors (Lipinski definition) is 2. The number of pyridine rings is 1. The Balaban J connectivity index is 1.87. The predicted octanol–water partition coefficient (Wildman–Crippen LogP) is 3.27. The minimum absolute atomic E-state index is 0.114. The van der Waals surface area contributed by atoms with E-state index >= 15 is 0 Å². The Labute approximate surface area is 139 Å². The van der Waals surface area contributed by atoms with Gasteiger partial charge in [0.1, 0.15) is 12.0 Å². The van der Waals surface area contributed by atoms with Crippen molar-refractivity contribution < 1.29 is 9.72 Å². The lowest BCUT2D eigenvalue weighted by molar-refractivity contribution is -0.385. The summed E-state index contributed by atoms with van der Waals surface area (Å²) in [6.45, 7) is 4.24. The first-order valence-corrected chi connectivity index (χ1v) is 7.40. The van der Waals surface area contributed by atoms with Gasteiger partial charge in [0.05, 0.1) is 4.92 Å². The minimum Gasteiger partial charge on any atom is -0.282 e. The summed E-state index contributed by atoms with van der Waals surface area (Å²) in [5.74, 6) is 0.413. The van der Waals surface area contributed by atoms with Gasteiger partial charge in [-0.3, -0.25) is 25.8 Å². The molecule has 0 spiro atoms. The highest BCUT2D eigenvalue weighted by Gasteiger charge is 2.05. The average molecular weight is 326 g/mol. The number of nitro groups is 1. The number of aromatic nitrogens is 1. The van der Waals surface area contributed by atoms with Crippen molar-refractivity contribution in [2.45, 2.75) is 19.8 Å². The third-order valence-electron chi connectivity index (χ3n) is 3.30. The number of amides is 1. The Bertz CT molecular complexity index is 737. The normalized spacial score (nSPS) is 10.8. The van der Waals surface area contributed by atoms with Gasteiger partial charge in [-0.15, -0.1) is 0 Å². The van der Waals surface area contributed by atoms with E-state index in [1.165, 1.54) is 23.8 Å². The van der Waals surface area contributed by atoms with Gasteiger partial charge < -0.3 is 0 Å². The largest absolute Gasteiger partial charge is 0.287 e. The second kappa shape index (κ2) is 7.87. The number of benzene rings is 1. The van der Waals surface area contributed by atoms with E-state index in [0.717, 1.165) is 11.8 Å². The van der Waals surface area contributed by atoms with Gasteiger partial charge in [0.15, 0.2) is 0 Å². The van der Waals surface area contributed by atoms with Crippen LogP contribution in [0.4, 0.5) is 11.5 Å². The molecule has 0 atom stereocenters. The van der Waals surface area contributed by atoms with Gasteiger partial charge in [-0.05, 0) is 29.2 Å². The standard InChI is InChI=1S/C17H18N4O3/c1-12(2)14-6-3-13(4-7-14)5-10-17(22)20-19-16-9-8-15(11-18-16)21(23)24/h3-12H,1-2H3,(H,18,19)(H,20,22)/b10-5+. The quantitative estimate of drug-likeness (QED) is 0.482. The Hall–Kier alpha value is -3.22. The van der Waals surface area contributed by atoms with E-state index in [-0.39, 0.29) is 11.6 Å². The number of nitrogens with one attached hydrogen (secondary N) is 2. The van der Waals surface area contributed by atoms with Crippen molar-refractivity contribution in [3.8, 4) is 0 Å². The number of anilines is 1. The molecule has 0 radical (unpaired) electrons. The molecule has 0 saturated heterocycles. The molecule has 1 aromatic carbocycles. The average Bonchev–Trinajstić information content (AvgIpc) is 2.58. The molecule has 0 aliphatic carbocycles. The van der Waals surface area contributed by atoms with Crippen LogP contribution in [0.5, 0.6) is 0 Å². The Morgan fingerprint density at radius 2 is 1.92 bits per heavy atom. The fraction of sp³-hybridized carbons (Fsp3) is 0.176. The summed E-state index contributed by atoms with van der Waals surface area (Å²) in [6, 6.07) is 10.7. The summed E-state index contributed by atoms with van der Waals surface area (Å²) in [6.07, 6.45) is 4.20. The molecule has 0 aliphatic heterocycles. The lowest BCUT2D eigenvalue weighted by atomic mass is 10.0. The smallest absolute Gasteiger partial charge is 0.282 e. The molecule has 7 nitrogen and oxygen atoms in total. The molecular formula is C17H18N4O3. The van der Waals surface area contributed by atoms with Gasteiger partial charge in [-0.1, -0.05) is 38.1 Å². The maximum absolute atomic E-state index is 11.7. The molecule has 0 aliphatic rings. The number of hydrogen-bond acceptors (Lipinski definition) is 5. The van der Waals surface area contributed by atoms with Crippen molar-refractivity contribution in [3.63, 3.8) is 0 Å². The summed E-state index contributed by atoms with van der Waals surface area (Å²) < 4.78 is 0. The number of nitrogens with zero attached hydrogens (tertiary/aromatic N) is 2. The van der Waals surface area contributed by atoms with Crippen molar-refractivity contribution in [1.29, 1.82) is 0 Å². The summed E-state index contributed by atoms with van der Waals surface area (Å²) in [7, 11) is 0. The zero-order valence-corrected chi connectivity index (χ0v) is 13.4. The number of rotatable bonds is 6. The fourth-order valence-electron chi connectivity index (χ4n) is 1.90. The lowest BCUT2D eigenvalue weighted by Gasteiger charge is -2.05. The van der Waals surface area contributed by atoms with Gasteiger partial charge in [-0.25, -0.2) is 4.98 Å². The zero-order chi connectivity index (χ0) is 17.5. The third kappa shape index (κ3) is 4.91. The molecule has 1 aromatic heterocycles. The Morgan fingerprint density at radius 1 is 1.21 bits per heavy atom. The second-order valence-corrected chi connectivity index (χ2v) is 5.43. The first-order chi connectivity index (χ1) is 11.5. The number of carbonyl (C=O) groups is 1. The van der Waals surface area contributed by atoms with E-state index < -0.39 is 4.92 Å². The van der Waals surface area contributed by atoms with Crippen molar-refractivity contribution >= 4 is 23.5 Å². The molecular weight excluding hydrogens is 308 g/mol. The van der Waals surface area contributed by atoms with Crippen LogP contribution in [0.3, 0.4) is 0 Å². The van der Waals surface area contributed by atoms with Crippen LogP contribution in [-0.4, -0.2) is 15.8 Å².